The standard InChI is InChI=1S/C14H14O3S/c1-9(14(16)17)10-4-6-11(7-5-10)13(15)12-3-2-8-18-12/h2-4,6,8-9H,5,7H2,1H3,(H,16,17). The van der Waals surface area contributed by atoms with Crippen LogP contribution in [0.1, 0.15) is 29.4 Å². The molecular formula is C14H14O3S. The first-order valence-electron chi connectivity index (χ1n) is 5.80. The summed E-state index contributed by atoms with van der Waals surface area (Å²) in [7, 11) is 0. The van der Waals surface area contributed by atoms with Crippen molar-refractivity contribution in [2.75, 3.05) is 0 Å². The van der Waals surface area contributed by atoms with E-state index < -0.39 is 11.9 Å². The molecule has 1 atom stereocenters. The molecule has 0 bridgehead atoms. The number of hydrogen-bond donors (Lipinski definition) is 1. The largest absolute Gasteiger partial charge is 0.481 e. The fourth-order valence-electron chi connectivity index (χ4n) is 1.93. The summed E-state index contributed by atoms with van der Waals surface area (Å²) in [4.78, 5) is 23.7. The molecule has 0 fully saturated rings. The second kappa shape index (κ2) is 5.31. The lowest BCUT2D eigenvalue weighted by molar-refractivity contribution is -0.139. The first-order valence-corrected chi connectivity index (χ1v) is 6.68. The molecular weight excluding hydrogens is 248 g/mol. The number of carbonyl (C=O) groups excluding carboxylic acids is 1. The highest BCUT2D eigenvalue weighted by Gasteiger charge is 2.21. The molecule has 1 heterocycles. The van der Waals surface area contributed by atoms with E-state index in [-0.39, 0.29) is 5.78 Å². The van der Waals surface area contributed by atoms with Crippen molar-refractivity contribution in [1.82, 2.24) is 0 Å². The first kappa shape index (κ1) is 12.8. The smallest absolute Gasteiger partial charge is 0.310 e. The van der Waals surface area contributed by atoms with Crippen LogP contribution in [0.15, 0.2) is 40.8 Å². The van der Waals surface area contributed by atoms with Gasteiger partial charge in [-0.3, -0.25) is 9.59 Å². The molecule has 4 heteroatoms. The van der Waals surface area contributed by atoms with Crippen molar-refractivity contribution in [3.8, 4) is 0 Å². The maximum atomic E-state index is 12.1. The van der Waals surface area contributed by atoms with Gasteiger partial charge in [0.15, 0.2) is 5.78 Å². The van der Waals surface area contributed by atoms with Crippen molar-refractivity contribution >= 4 is 23.1 Å². The SMILES string of the molecule is CC(C(=O)O)C1=CC=C(C(=O)c2cccs2)CC1. The number of carboxylic acids is 1. The van der Waals surface area contributed by atoms with Gasteiger partial charge in [-0.05, 0) is 31.2 Å². The molecule has 1 unspecified atom stereocenters. The van der Waals surface area contributed by atoms with E-state index in [9.17, 15) is 9.59 Å². The zero-order valence-electron chi connectivity index (χ0n) is 10.1. The van der Waals surface area contributed by atoms with Gasteiger partial charge in [0.2, 0.25) is 0 Å². The van der Waals surface area contributed by atoms with Gasteiger partial charge in [0, 0.05) is 5.57 Å². The van der Waals surface area contributed by atoms with Crippen LogP contribution in [0, 0.1) is 5.92 Å². The minimum atomic E-state index is -0.817. The molecule has 1 aromatic heterocycles. The zero-order chi connectivity index (χ0) is 13.1. The highest BCUT2D eigenvalue weighted by atomic mass is 32.1. The van der Waals surface area contributed by atoms with Gasteiger partial charge in [0.25, 0.3) is 0 Å². The summed E-state index contributed by atoms with van der Waals surface area (Å²) in [6.45, 7) is 1.67. The molecule has 3 nitrogen and oxygen atoms in total. The van der Waals surface area contributed by atoms with Gasteiger partial charge in [-0.15, -0.1) is 11.3 Å². The second-order valence-electron chi connectivity index (χ2n) is 4.30. The number of thiophene rings is 1. The van der Waals surface area contributed by atoms with Crippen LogP contribution in [0.25, 0.3) is 0 Å². The van der Waals surface area contributed by atoms with Crippen LogP contribution in [-0.4, -0.2) is 16.9 Å². The molecule has 1 N–H and O–H groups in total. The number of aliphatic carboxylic acids is 1. The summed E-state index contributed by atoms with van der Waals surface area (Å²) in [5.74, 6) is -1.23. The minimum Gasteiger partial charge on any atom is -0.481 e. The average molecular weight is 262 g/mol. The Balaban J connectivity index is 2.15. The van der Waals surface area contributed by atoms with E-state index in [2.05, 4.69) is 0 Å². The maximum absolute atomic E-state index is 12.1. The lowest BCUT2D eigenvalue weighted by Gasteiger charge is -2.16. The predicted molar refractivity (Wildman–Crippen MR) is 70.8 cm³/mol. The summed E-state index contributed by atoms with van der Waals surface area (Å²) >= 11 is 1.43. The number of Topliss-reactive ketones (excluding diaryl/α,β-unsaturated/α-hetero) is 1. The fraction of sp³-hybridized carbons (Fsp3) is 0.286. The number of carboxylic acid groups (broad SMARTS) is 1. The third-order valence-electron chi connectivity index (χ3n) is 3.14. The molecule has 18 heavy (non-hydrogen) atoms. The Morgan fingerprint density at radius 3 is 2.61 bits per heavy atom. The highest BCUT2D eigenvalue weighted by Crippen LogP contribution is 2.27. The third-order valence-corrected chi connectivity index (χ3v) is 4.01. The Morgan fingerprint density at radius 1 is 1.33 bits per heavy atom. The fourth-order valence-corrected chi connectivity index (χ4v) is 2.63. The van der Waals surface area contributed by atoms with E-state index in [1.165, 1.54) is 11.3 Å². The number of hydrogen-bond acceptors (Lipinski definition) is 3. The van der Waals surface area contributed by atoms with Crippen LogP contribution in [0.2, 0.25) is 0 Å². The molecule has 1 aromatic rings. The van der Waals surface area contributed by atoms with Crippen LogP contribution in [0.5, 0.6) is 0 Å². The van der Waals surface area contributed by atoms with E-state index in [1.807, 2.05) is 17.5 Å². The topological polar surface area (TPSA) is 54.4 Å². The van der Waals surface area contributed by atoms with E-state index >= 15 is 0 Å². The predicted octanol–water partition coefficient (Wildman–Crippen LogP) is 3.30. The molecule has 0 saturated heterocycles. The zero-order valence-corrected chi connectivity index (χ0v) is 10.9. The van der Waals surface area contributed by atoms with Crippen molar-refractivity contribution in [1.29, 1.82) is 0 Å². The number of rotatable bonds is 4. The summed E-state index contributed by atoms with van der Waals surface area (Å²) in [5, 5.41) is 10.8. The molecule has 2 rings (SSSR count). The Bertz CT molecular complexity index is 523. The van der Waals surface area contributed by atoms with Gasteiger partial charge in [-0.25, -0.2) is 0 Å². The number of allylic oxidation sites excluding steroid dienone is 3. The van der Waals surface area contributed by atoms with Gasteiger partial charge >= 0.3 is 5.97 Å². The molecule has 0 aliphatic heterocycles. The van der Waals surface area contributed by atoms with Crippen LogP contribution in [-0.2, 0) is 4.79 Å². The van der Waals surface area contributed by atoms with Crippen LogP contribution in [0.3, 0.4) is 0 Å². The van der Waals surface area contributed by atoms with Gasteiger partial charge < -0.3 is 5.11 Å². The molecule has 1 aliphatic carbocycles. The minimum absolute atomic E-state index is 0.0586. The Hall–Kier alpha value is -1.68. The van der Waals surface area contributed by atoms with Crippen molar-refractivity contribution in [2.24, 2.45) is 5.92 Å². The number of carbonyl (C=O) groups is 2. The lowest BCUT2D eigenvalue weighted by Crippen LogP contribution is -2.15. The normalized spacial score (nSPS) is 16.7. The van der Waals surface area contributed by atoms with E-state index in [4.69, 9.17) is 5.11 Å². The van der Waals surface area contributed by atoms with Crippen molar-refractivity contribution in [3.05, 3.63) is 45.7 Å². The van der Waals surface area contributed by atoms with Crippen LogP contribution >= 0.6 is 11.3 Å². The Kier molecular flexibility index (Phi) is 3.77. The van der Waals surface area contributed by atoms with Crippen LogP contribution in [0.4, 0.5) is 0 Å². The average Bonchev–Trinajstić information content (AvgIpc) is 2.91. The first-order chi connectivity index (χ1) is 8.59. The summed E-state index contributed by atoms with van der Waals surface area (Å²) in [6, 6.07) is 3.67. The van der Waals surface area contributed by atoms with Gasteiger partial charge in [0.1, 0.15) is 0 Å². The number of ketones is 1. The summed E-state index contributed by atoms with van der Waals surface area (Å²) in [6.07, 6.45) is 4.82. The lowest BCUT2D eigenvalue weighted by atomic mass is 9.88. The molecule has 0 radical (unpaired) electrons. The van der Waals surface area contributed by atoms with Gasteiger partial charge in [-0.1, -0.05) is 23.8 Å². The van der Waals surface area contributed by atoms with Crippen molar-refractivity contribution in [3.63, 3.8) is 0 Å². The quantitative estimate of drug-likeness (QED) is 0.847. The van der Waals surface area contributed by atoms with Gasteiger partial charge in [-0.2, -0.15) is 0 Å². The molecule has 1 aliphatic rings. The Morgan fingerprint density at radius 2 is 2.11 bits per heavy atom. The molecule has 0 amide bonds. The monoisotopic (exact) mass is 262 g/mol. The molecule has 94 valence electrons. The van der Waals surface area contributed by atoms with Crippen LogP contribution < -0.4 is 0 Å². The van der Waals surface area contributed by atoms with E-state index in [1.54, 1.807) is 19.1 Å². The molecule has 0 spiro atoms. The van der Waals surface area contributed by atoms with Crippen molar-refractivity contribution in [2.45, 2.75) is 19.8 Å². The van der Waals surface area contributed by atoms with Gasteiger partial charge in [0.05, 0.1) is 10.8 Å². The van der Waals surface area contributed by atoms with Crippen molar-refractivity contribution < 1.29 is 14.7 Å². The summed E-state index contributed by atoms with van der Waals surface area (Å²) < 4.78 is 0. The second-order valence-corrected chi connectivity index (χ2v) is 5.25. The van der Waals surface area contributed by atoms with E-state index in [0.29, 0.717) is 12.8 Å². The summed E-state index contributed by atoms with van der Waals surface area (Å²) in [5.41, 5.74) is 1.64. The molecule has 0 aromatic carbocycles. The maximum Gasteiger partial charge on any atom is 0.310 e. The Labute approximate surface area is 109 Å². The molecule has 0 saturated carbocycles. The van der Waals surface area contributed by atoms with E-state index in [0.717, 1.165) is 16.0 Å². The highest BCUT2D eigenvalue weighted by molar-refractivity contribution is 7.12. The third kappa shape index (κ3) is 2.59.